The van der Waals surface area contributed by atoms with Crippen molar-refractivity contribution < 1.29 is 4.74 Å². The molecule has 90 valence electrons. The molecule has 2 rings (SSSR count). The summed E-state index contributed by atoms with van der Waals surface area (Å²) in [6, 6.07) is 4.61. The van der Waals surface area contributed by atoms with Gasteiger partial charge in [-0.2, -0.15) is 0 Å². The highest BCUT2D eigenvalue weighted by molar-refractivity contribution is 7.10. The van der Waals surface area contributed by atoms with E-state index in [1.54, 1.807) is 11.3 Å². The largest absolute Gasteiger partial charge is 0.360 e. The molecule has 1 N–H and O–H groups in total. The molecule has 1 aromatic rings. The van der Waals surface area contributed by atoms with Crippen LogP contribution in [0.15, 0.2) is 17.5 Å². The van der Waals surface area contributed by atoms with Gasteiger partial charge in [-0.3, -0.25) is 4.90 Å². The summed E-state index contributed by atoms with van der Waals surface area (Å²) >= 11 is 1.80. The Morgan fingerprint density at radius 1 is 1.62 bits per heavy atom. The van der Waals surface area contributed by atoms with Crippen molar-refractivity contribution >= 4 is 11.3 Å². The third-order valence-corrected chi connectivity index (χ3v) is 3.86. The van der Waals surface area contributed by atoms with Crippen molar-refractivity contribution in [2.45, 2.75) is 25.6 Å². The second-order valence-electron chi connectivity index (χ2n) is 4.19. The van der Waals surface area contributed by atoms with Crippen LogP contribution in [0.3, 0.4) is 0 Å². The summed E-state index contributed by atoms with van der Waals surface area (Å²) in [6.45, 7) is 5.03. The number of nitrogens with one attached hydrogen (secondary N) is 1. The monoisotopic (exact) mass is 240 g/mol. The van der Waals surface area contributed by atoms with Gasteiger partial charge in [0.05, 0.1) is 12.6 Å². The standard InChI is InChI=1S/C12H20N2OS/c1-3-7-14(2)12-11(13-6-8-15-12)10-5-4-9-16-10/h4-5,9,11-13H,3,6-8H2,1-2H3. The minimum atomic E-state index is 0.173. The van der Waals surface area contributed by atoms with Crippen LogP contribution in [0.5, 0.6) is 0 Å². The SMILES string of the molecule is CCCN(C)C1OCCNC1c1cccs1. The maximum absolute atomic E-state index is 5.90. The highest BCUT2D eigenvalue weighted by atomic mass is 32.1. The number of ether oxygens (including phenoxy) is 1. The van der Waals surface area contributed by atoms with Gasteiger partial charge in [0.15, 0.2) is 0 Å². The van der Waals surface area contributed by atoms with Gasteiger partial charge in [-0.05, 0) is 24.9 Å². The number of hydrogen-bond acceptors (Lipinski definition) is 4. The van der Waals surface area contributed by atoms with Crippen molar-refractivity contribution in [3.63, 3.8) is 0 Å². The molecule has 0 aromatic carbocycles. The van der Waals surface area contributed by atoms with Gasteiger partial charge in [0.2, 0.25) is 0 Å². The Bertz CT molecular complexity index is 302. The predicted molar refractivity (Wildman–Crippen MR) is 67.7 cm³/mol. The minimum Gasteiger partial charge on any atom is -0.360 e. The third-order valence-electron chi connectivity index (χ3n) is 2.90. The summed E-state index contributed by atoms with van der Waals surface area (Å²) in [5, 5.41) is 5.68. The van der Waals surface area contributed by atoms with E-state index in [4.69, 9.17) is 4.74 Å². The first-order chi connectivity index (χ1) is 7.83. The fourth-order valence-electron chi connectivity index (χ4n) is 2.16. The molecule has 2 atom stereocenters. The molecule has 1 aromatic heterocycles. The Hall–Kier alpha value is -0.420. The van der Waals surface area contributed by atoms with Crippen molar-refractivity contribution in [3.05, 3.63) is 22.4 Å². The van der Waals surface area contributed by atoms with Crippen LogP contribution >= 0.6 is 11.3 Å². The lowest BCUT2D eigenvalue weighted by Gasteiger charge is -2.37. The van der Waals surface area contributed by atoms with Gasteiger partial charge in [-0.25, -0.2) is 0 Å². The summed E-state index contributed by atoms with van der Waals surface area (Å²) in [5.41, 5.74) is 0. The van der Waals surface area contributed by atoms with Crippen LogP contribution in [0.2, 0.25) is 0 Å². The zero-order valence-corrected chi connectivity index (χ0v) is 10.8. The Kier molecular flexibility index (Phi) is 4.35. The molecular weight excluding hydrogens is 220 g/mol. The first-order valence-electron chi connectivity index (χ1n) is 5.91. The van der Waals surface area contributed by atoms with Crippen LogP contribution in [0.4, 0.5) is 0 Å². The molecule has 1 aliphatic heterocycles. The van der Waals surface area contributed by atoms with E-state index in [9.17, 15) is 0 Å². The number of rotatable bonds is 4. The van der Waals surface area contributed by atoms with E-state index in [1.807, 2.05) is 0 Å². The maximum Gasteiger partial charge on any atom is 0.130 e. The molecule has 1 fully saturated rings. The average Bonchev–Trinajstić information content (AvgIpc) is 2.83. The van der Waals surface area contributed by atoms with Gasteiger partial charge < -0.3 is 10.1 Å². The lowest BCUT2D eigenvalue weighted by Crippen LogP contribution is -2.49. The van der Waals surface area contributed by atoms with Gasteiger partial charge >= 0.3 is 0 Å². The van der Waals surface area contributed by atoms with Gasteiger partial charge in [0.1, 0.15) is 6.23 Å². The molecule has 0 radical (unpaired) electrons. The van der Waals surface area contributed by atoms with Crippen LogP contribution in [0.25, 0.3) is 0 Å². The zero-order valence-electron chi connectivity index (χ0n) is 9.98. The molecule has 2 heterocycles. The van der Waals surface area contributed by atoms with Crippen LogP contribution in [-0.2, 0) is 4.74 Å². The molecule has 0 spiro atoms. The fraction of sp³-hybridized carbons (Fsp3) is 0.667. The van der Waals surface area contributed by atoms with Crippen molar-refractivity contribution in [1.29, 1.82) is 0 Å². The van der Waals surface area contributed by atoms with E-state index in [0.29, 0.717) is 6.04 Å². The minimum absolute atomic E-state index is 0.173. The van der Waals surface area contributed by atoms with E-state index in [-0.39, 0.29) is 6.23 Å². The topological polar surface area (TPSA) is 24.5 Å². The van der Waals surface area contributed by atoms with Crippen molar-refractivity contribution in [2.75, 3.05) is 26.7 Å². The maximum atomic E-state index is 5.90. The summed E-state index contributed by atoms with van der Waals surface area (Å²) in [7, 11) is 2.14. The van der Waals surface area contributed by atoms with E-state index in [0.717, 1.165) is 26.1 Å². The molecule has 0 saturated carbocycles. The predicted octanol–water partition coefficient (Wildman–Crippen LogP) is 2.08. The summed E-state index contributed by atoms with van der Waals surface area (Å²) in [6.07, 6.45) is 1.33. The number of hydrogen-bond donors (Lipinski definition) is 1. The van der Waals surface area contributed by atoms with Crippen LogP contribution in [0.1, 0.15) is 24.3 Å². The zero-order chi connectivity index (χ0) is 11.4. The van der Waals surface area contributed by atoms with Gasteiger partial charge in [-0.1, -0.05) is 13.0 Å². The Morgan fingerprint density at radius 2 is 2.50 bits per heavy atom. The molecule has 16 heavy (non-hydrogen) atoms. The summed E-state index contributed by atoms with van der Waals surface area (Å²) in [5.74, 6) is 0. The van der Waals surface area contributed by atoms with E-state index in [1.165, 1.54) is 4.88 Å². The highest BCUT2D eigenvalue weighted by Crippen LogP contribution is 2.27. The Labute approximate surface area is 101 Å². The van der Waals surface area contributed by atoms with Crippen LogP contribution in [-0.4, -0.2) is 37.9 Å². The van der Waals surface area contributed by atoms with E-state index < -0.39 is 0 Å². The number of likely N-dealkylation sites (N-methyl/N-ethyl adjacent to an activating group) is 1. The summed E-state index contributed by atoms with van der Waals surface area (Å²) < 4.78 is 5.90. The Balaban J connectivity index is 2.08. The van der Waals surface area contributed by atoms with Gasteiger partial charge in [-0.15, -0.1) is 11.3 Å². The molecule has 1 saturated heterocycles. The first-order valence-corrected chi connectivity index (χ1v) is 6.79. The van der Waals surface area contributed by atoms with Crippen LogP contribution < -0.4 is 5.32 Å². The highest BCUT2D eigenvalue weighted by Gasteiger charge is 2.30. The molecule has 4 heteroatoms. The number of morpholine rings is 1. The molecule has 1 aliphatic rings. The van der Waals surface area contributed by atoms with Crippen molar-refractivity contribution in [1.82, 2.24) is 10.2 Å². The van der Waals surface area contributed by atoms with Crippen molar-refractivity contribution in [3.8, 4) is 0 Å². The van der Waals surface area contributed by atoms with Gasteiger partial charge in [0, 0.05) is 18.0 Å². The molecule has 0 amide bonds. The number of thiophene rings is 1. The average molecular weight is 240 g/mol. The molecule has 0 aliphatic carbocycles. The second-order valence-corrected chi connectivity index (χ2v) is 5.17. The molecular formula is C12H20N2OS. The number of nitrogens with zero attached hydrogens (tertiary/aromatic N) is 1. The fourth-order valence-corrected chi connectivity index (χ4v) is 2.98. The van der Waals surface area contributed by atoms with Crippen molar-refractivity contribution in [2.24, 2.45) is 0 Å². The van der Waals surface area contributed by atoms with E-state index in [2.05, 4.69) is 41.7 Å². The smallest absolute Gasteiger partial charge is 0.130 e. The van der Waals surface area contributed by atoms with Gasteiger partial charge in [0.25, 0.3) is 0 Å². The Morgan fingerprint density at radius 3 is 3.19 bits per heavy atom. The third kappa shape index (κ3) is 2.63. The molecule has 0 bridgehead atoms. The molecule has 2 unspecified atom stereocenters. The summed E-state index contributed by atoms with van der Waals surface area (Å²) in [4.78, 5) is 3.67. The van der Waals surface area contributed by atoms with E-state index >= 15 is 0 Å². The quantitative estimate of drug-likeness (QED) is 0.872. The van der Waals surface area contributed by atoms with Crippen LogP contribution in [0, 0.1) is 0 Å². The lowest BCUT2D eigenvalue weighted by molar-refractivity contribution is -0.0920. The second kappa shape index (κ2) is 5.77. The molecule has 3 nitrogen and oxygen atoms in total. The normalized spacial score (nSPS) is 26.2. The lowest BCUT2D eigenvalue weighted by atomic mass is 10.1. The first kappa shape index (κ1) is 12.0.